The van der Waals surface area contributed by atoms with Crippen LogP contribution in [0.4, 0.5) is 0 Å². The molecule has 0 amide bonds. The second-order valence-corrected chi connectivity index (χ2v) is 3.47. The highest BCUT2D eigenvalue weighted by Gasteiger charge is 2.07. The van der Waals surface area contributed by atoms with Crippen LogP contribution in [0.15, 0.2) is 12.7 Å². The van der Waals surface area contributed by atoms with Crippen LogP contribution in [0.25, 0.3) is 0 Å². The maximum atomic E-state index is 3.77. The van der Waals surface area contributed by atoms with Crippen LogP contribution in [-0.2, 0) is 0 Å². The van der Waals surface area contributed by atoms with Gasteiger partial charge in [-0.25, -0.2) is 0 Å². The minimum Gasteiger partial charge on any atom is -0.308 e. The highest BCUT2D eigenvalue weighted by atomic mass is 14.9. The average Bonchev–Trinajstić information content (AvgIpc) is 2.05. The first-order chi connectivity index (χ1) is 5.74. The Morgan fingerprint density at radius 2 is 1.75 bits per heavy atom. The summed E-state index contributed by atoms with van der Waals surface area (Å²) in [6.45, 7) is 10.4. The van der Waals surface area contributed by atoms with E-state index in [1.54, 1.807) is 0 Å². The number of hydrogen-bond donors (Lipinski definition) is 1. The number of nitrogens with one attached hydrogen (secondary N) is 1. The van der Waals surface area contributed by atoms with Crippen LogP contribution >= 0.6 is 0 Å². The lowest BCUT2D eigenvalue weighted by molar-refractivity contribution is 0.425. The van der Waals surface area contributed by atoms with E-state index in [9.17, 15) is 0 Å². The van der Waals surface area contributed by atoms with Crippen molar-refractivity contribution in [3.8, 4) is 0 Å². The van der Waals surface area contributed by atoms with Gasteiger partial charge in [0.25, 0.3) is 0 Å². The largest absolute Gasteiger partial charge is 0.308 e. The smallest absolute Gasteiger partial charge is 0.0221 e. The zero-order valence-corrected chi connectivity index (χ0v) is 8.77. The van der Waals surface area contributed by atoms with Crippen molar-refractivity contribution < 1.29 is 0 Å². The molecule has 0 heterocycles. The molecule has 0 radical (unpaired) electrons. The summed E-state index contributed by atoms with van der Waals surface area (Å²) in [7, 11) is 0. The first-order valence-electron chi connectivity index (χ1n) is 5.13. The predicted molar refractivity (Wildman–Crippen MR) is 56.4 cm³/mol. The van der Waals surface area contributed by atoms with Crippen LogP contribution in [-0.4, -0.2) is 12.1 Å². The van der Waals surface area contributed by atoms with Crippen LogP contribution < -0.4 is 5.32 Å². The molecule has 0 fully saturated rings. The fourth-order valence-corrected chi connectivity index (χ4v) is 1.45. The van der Waals surface area contributed by atoms with E-state index in [-0.39, 0.29) is 0 Å². The van der Waals surface area contributed by atoms with Gasteiger partial charge in [0.15, 0.2) is 0 Å². The Kier molecular flexibility index (Phi) is 7.17. The van der Waals surface area contributed by atoms with Crippen LogP contribution in [0.3, 0.4) is 0 Å². The van der Waals surface area contributed by atoms with Crippen molar-refractivity contribution in [1.82, 2.24) is 5.32 Å². The lowest BCUT2D eigenvalue weighted by Gasteiger charge is -2.20. The molecule has 12 heavy (non-hydrogen) atoms. The first kappa shape index (κ1) is 11.7. The third kappa shape index (κ3) is 5.36. The van der Waals surface area contributed by atoms with Gasteiger partial charge in [-0.05, 0) is 19.8 Å². The second kappa shape index (κ2) is 7.35. The Labute approximate surface area is 77.2 Å². The maximum Gasteiger partial charge on any atom is 0.0221 e. The summed E-state index contributed by atoms with van der Waals surface area (Å²) >= 11 is 0. The van der Waals surface area contributed by atoms with Gasteiger partial charge in [0, 0.05) is 12.1 Å². The molecule has 72 valence electrons. The Morgan fingerprint density at radius 1 is 1.25 bits per heavy atom. The van der Waals surface area contributed by atoms with Gasteiger partial charge in [-0.3, -0.25) is 0 Å². The molecule has 0 aromatic heterocycles. The molecule has 0 saturated heterocycles. The molecule has 0 aromatic rings. The first-order valence-corrected chi connectivity index (χ1v) is 5.13. The van der Waals surface area contributed by atoms with Crippen LogP contribution in [0.1, 0.15) is 46.5 Å². The maximum absolute atomic E-state index is 3.77. The lowest BCUT2D eigenvalue weighted by atomic mass is 10.1. The van der Waals surface area contributed by atoms with E-state index in [1.165, 1.54) is 25.7 Å². The Bertz CT molecular complexity index is 104. The van der Waals surface area contributed by atoms with E-state index in [2.05, 4.69) is 32.7 Å². The number of rotatable bonds is 7. The van der Waals surface area contributed by atoms with E-state index < -0.39 is 0 Å². The predicted octanol–water partition coefficient (Wildman–Crippen LogP) is 3.12. The molecule has 1 N–H and O–H groups in total. The fourth-order valence-electron chi connectivity index (χ4n) is 1.45. The van der Waals surface area contributed by atoms with Gasteiger partial charge in [0.1, 0.15) is 0 Å². The summed E-state index contributed by atoms with van der Waals surface area (Å²) in [6, 6.07) is 1.14. The molecule has 0 rings (SSSR count). The quantitative estimate of drug-likeness (QED) is 0.577. The summed E-state index contributed by atoms with van der Waals surface area (Å²) in [4.78, 5) is 0. The topological polar surface area (TPSA) is 12.0 Å². The van der Waals surface area contributed by atoms with Crippen molar-refractivity contribution in [3.63, 3.8) is 0 Å². The standard InChI is InChI=1S/C11H23N/c1-5-8-11(9-6-2)12-10(4)7-3/h7,10-12H,3,5-6,8-9H2,1-2,4H3. The molecule has 0 bridgehead atoms. The molecular weight excluding hydrogens is 146 g/mol. The molecular formula is C11H23N. The molecule has 0 aliphatic carbocycles. The van der Waals surface area contributed by atoms with E-state index in [4.69, 9.17) is 0 Å². The minimum atomic E-state index is 0.452. The van der Waals surface area contributed by atoms with E-state index in [0.29, 0.717) is 12.1 Å². The summed E-state index contributed by atoms with van der Waals surface area (Å²) in [5.74, 6) is 0. The van der Waals surface area contributed by atoms with Crippen molar-refractivity contribution in [2.45, 2.75) is 58.5 Å². The number of hydrogen-bond acceptors (Lipinski definition) is 1. The zero-order valence-electron chi connectivity index (χ0n) is 8.77. The van der Waals surface area contributed by atoms with Gasteiger partial charge in [-0.1, -0.05) is 32.8 Å². The van der Waals surface area contributed by atoms with E-state index >= 15 is 0 Å². The van der Waals surface area contributed by atoms with Gasteiger partial charge in [0.2, 0.25) is 0 Å². The van der Waals surface area contributed by atoms with Crippen LogP contribution in [0.2, 0.25) is 0 Å². The van der Waals surface area contributed by atoms with Gasteiger partial charge in [-0.2, -0.15) is 0 Å². The molecule has 0 spiro atoms. The van der Waals surface area contributed by atoms with E-state index in [1.807, 2.05) is 6.08 Å². The fraction of sp³-hybridized carbons (Fsp3) is 0.818. The van der Waals surface area contributed by atoms with Crippen molar-refractivity contribution >= 4 is 0 Å². The summed E-state index contributed by atoms with van der Waals surface area (Å²) < 4.78 is 0. The van der Waals surface area contributed by atoms with E-state index in [0.717, 1.165) is 0 Å². The van der Waals surface area contributed by atoms with Crippen molar-refractivity contribution in [1.29, 1.82) is 0 Å². The van der Waals surface area contributed by atoms with Crippen molar-refractivity contribution in [2.24, 2.45) is 0 Å². The summed E-state index contributed by atoms with van der Waals surface area (Å²) in [5, 5.41) is 3.55. The Morgan fingerprint density at radius 3 is 2.08 bits per heavy atom. The second-order valence-electron chi connectivity index (χ2n) is 3.47. The van der Waals surface area contributed by atoms with Gasteiger partial charge in [0.05, 0.1) is 0 Å². The molecule has 1 heteroatoms. The average molecular weight is 169 g/mol. The van der Waals surface area contributed by atoms with Crippen molar-refractivity contribution in [3.05, 3.63) is 12.7 Å². The van der Waals surface area contributed by atoms with Crippen LogP contribution in [0, 0.1) is 0 Å². The third-order valence-corrected chi connectivity index (χ3v) is 2.13. The zero-order chi connectivity index (χ0) is 9.40. The van der Waals surface area contributed by atoms with Gasteiger partial charge in [-0.15, -0.1) is 6.58 Å². The molecule has 0 saturated carbocycles. The highest BCUT2D eigenvalue weighted by Crippen LogP contribution is 2.05. The van der Waals surface area contributed by atoms with Gasteiger partial charge >= 0.3 is 0 Å². The summed E-state index contributed by atoms with van der Waals surface area (Å²) in [5.41, 5.74) is 0. The Balaban J connectivity index is 3.68. The molecule has 1 nitrogen and oxygen atoms in total. The third-order valence-electron chi connectivity index (χ3n) is 2.13. The summed E-state index contributed by atoms with van der Waals surface area (Å²) in [6.07, 6.45) is 7.07. The molecule has 1 atom stereocenters. The molecule has 0 aliphatic rings. The van der Waals surface area contributed by atoms with Gasteiger partial charge < -0.3 is 5.32 Å². The monoisotopic (exact) mass is 169 g/mol. The molecule has 1 unspecified atom stereocenters. The van der Waals surface area contributed by atoms with Crippen molar-refractivity contribution in [2.75, 3.05) is 0 Å². The Hall–Kier alpha value is -0.300. The van der Waals surface area contributed by atoms with Crippen LogP contribution in [0.5, 0.6) is 0 Å². The molecule has 0 aliphatic heterocycles. The normalized spacial score (nSPS) is 13.3. The highest BCUT2D eigenvalue weighted by molar-refractivity contribution is 4.84. The SMILES string of the molecule is C=CC(C)NC(CCC)CCC. The lowest BCUT2D eigenvalue weighted by Crippen LogP contribution is -2.35. The molecule has 0 aromatic carbocycles. The minimum absolute atomic E-state index is 0.452.